The average molecular weight is 293 g/mol. The number of ether oxygens (including phenoxy) is 2. The van der Waals surface area contributed by atoms with E-state index in [-0.39, 0.29) is 19.2 Å². The van der Waals surface area contributed by atoms with Crippen LogP contribution in [0.15, 0.2) is 36.8 Å². The van der Waals surface area contributed by atoms with Gasteiger partial charge in [0.2, 0.25) is 6.33 Å². The molecule has 0 unspecified atom stereocenters. The predicted octanol–water partition coefficient (Wildman–Crippen LogP) is 1.08. The first kappa shape index (κ1) is 16.7. The van der Waals surface area contributed by atoms with Crippen LogP contribution in [0.5, 0.6) is 0 Å². The molecule has 0 aliphatic rings. The smallest absolute Gasteiger partial charge is 0.333 e. The molecule has 114 valence electrons. The Kier molecular flexibility index (Phi) is 6.39. The highest BCUT2D eigenvalue weighted by Gasteiger charge is 2.09. The Morgan fingerprint density at radius 1 is 1.14 bits per heavy atom. The first-order valence-electron chi connectivity index (χ1n) is 6.61. The molecule has 0 spiro atoms. The number of nitrogens with zero attached hydrogens (tertiary/aromatic N) is 1. The molecule has 1 aromatic heterocycles. The monoisotopic (exact) mass is 293 g/mol. The molecule has 0 radical (unpaired) electrons. The Bertz CT molecular complexity index is 499. The van der Waals surface area contributed by atoms with Gasteiger partial charge in [0.1, 0.15) is 25.0 Å². The van der Waals surface area contributed by atoms with Crippen LogP contribution in [0.4, 0.5) is 0 Å². The first-order chi connectivity index (χ1) is 9.90. The van der Waals surface area contributed by atoms with E-state index in [0.717, 1.165) is 5.69 Å². The summed E-state index contributed by atoms with van der Waals surface area (Å²) in [6.07, 6.45) is 4.23. The summed E-state index contributed by atoms with van der Waals surface area (Å²) in [5.74, 6) is -0.779. The molecule has 0 bridgehead atoms. The number of esters is 2. The van der Waals surface area contributed by atoms with Crippen molar-refractivity contribution >= 4 is 11.9 Å². The Morgan fingerprint density at radius 3 is 2.29 bits per heavy atom. The molecule has 1 N–H and O–H groups in total. The van der Waals surface area contributed by atoms with E-state index in [4.69, 9.17) is 9.47 Å². The summed E-state index contributed by atoms with van der Waals surface area (Å²) < 4.78 is 11.9. The van der Waals surface area contributed by atoms with Gasteiger partial charge in [-0.15, -0.1) is 0 Å². The van der Waals surface area contributed by atoms with Gasteiger partial charge in [-0.2, -0.15) is 0 Å². The van der Waals surface area contributed by atoms with Crippen LogP contribution >= 0.6 is 0 Å². The molecular weight excluding hydrogens is 272 g/mol. The van der Waals surface area contributed by atoms with Gasteiger partial charge in [0.25, 0.3) is 0 Å². The molecule has 6 nitrogen and oxygen atoms in total. The minimum Gasteiger partial charge on any atom is -0.462 e. The molecule has 1 heterocycles. The van der Waals surface area contributed by atoms with Gasteiger partial charge in [-0.25, -0.2) is 19.1 Å². The van der Waals surface area contributed by atoms with Gasteiger partial charge in [0.05, 0.1) is 6.61 Å². The third kappa shape index (κ3) is 6.07. The van der Waals surface area contributed by atoms with Gasteiger partial charge in [0.15, 0.2) is 0 Å². The third-order valence-electron chi connectivity index (χ3n) is 2.62. The van der Waals surface area contributed by atoms with Gasteiger partial charge in [-0.1, -0.05) is 13.2 Å². The van der Waals surface area contributed by atoms with Crippen molar-refractivity contribution in [1.29, 1.82) is 0 Å². The minimum atomic E-state index is -0.391. The number of nitrogens with one attached hydrogen (secondary N) is 1. The van der Waals surface area contributed by atoms with Crippen LogP contribution in [-0.4, -0.2) is 30.1 Å². The fourth-order valence-corrected chi connectivity index (χ4v) is 1.45. The quantitative estimate of drug-likeness (QED) is 0.442. The molecule has 0 aliphatic heterocycles. The van der Waals surface area contributed by atoms with Crippen molar-refractivity contribution < 1.29 is 23.6 Å². The Labute approximate surface area is 124 Å². The van der Waals surface area contributed by atoms with Crippen molar-refractivity contribution in [3.63, 3.8) is 0 Å². The number of aromatic amines is 1. The highest BCUT2D eigenvalue weighted by atomic mass is 16.5. The first-order valence-corrected chi connectivity index (χ1v) is 6.61. The highest BCUT2D eigenvalue weighted by Crippen LogP contribution is 1.97. The lowest BCUT2D eigenvalue weighted by Crippen LogP contribution is -2.33. The molecule has 6 heteroatoms. The Balaban J connectivity index is 2.30. The SMILES string of the molecule is C=C(C)C(=O)OCCc1c[n+](CCOC(=O)C(=C)C)c[nH]1. The van der Waals surface area contributed by atoms with E-state index in [0.29, 0.717) is 24.1 Å². The molecule has 21 heavy (non-hydrogen) atoms. The number of hydrogen-bond acceptors (Lipinski definition) is 4. The molecule has 1 aromatic rings. The lowest BCUT2D eigenvalue weighted by molar-refractivity contribution is -0.696. The fourth-order valence-electron chi connectivity index (χ4n) is 1.45. The summed E-state index contributed by atoms with van der Waals surface area (Å²) in [4.78, 5) is 25.5. The lowest BCUT2D eigenvalue weighted by Gasteiger charge is -2.01. The predicted molar refractivity (Wildman–Crippen MR) is 76.2 cm³/mol. The van der Waals surface area contributed by atoms with Gasteiger partial charge in [-0.05, 0) is 13.8 Å². The second kappa shape index (κ2) is 8.04. The molecule has 1 rings (SSSR count). The summed E-state index contributed by atoms with van der Waals surface area (Å²) in [7, 11) is 0. The molecule has 0 amide bonds. The van der Waals surface area contributed by atoms with E-state index in [1.165, 1.54) is 0 Å². The van der Waals surface area contributed by atoms with Crippen molar-refractivity contribution in [3.05, 3.63) is 42.5 Å². The normalized spacial score (nSPS) is 10.0. The minimum absolute atomic E-state index is 0.276. The Hall–Kier alpha value is -2.37. The summed E-state index contributed by atoms with van der Waals surface area (Å²) >= 11 is 0. The number of carbonyl (C=O) groups excluding carboxylic acids is 2. The van der Waals surface area contributed by atoms with Crippen LogP contribution in [0.2, 0.25) is 0 Å². The second-order valence-electron chi connectivity index (χ2n) is 4.75. The van der Waals surface area contributed by atoms with Gasteiger partial charge >= 0.3 is 11.9 Å². The number of hydrogen-bond donors (Lipinski definition) is 1. The van der Waals surface area contributed by atoms with E-state index in [2.05, 4.69) is 18.1 Å². The Morgan fingerprint density at radius 2 is 1.71 bits per heavy atom. The maximum absolute atomic E-state index is 11.2. The number of carbonyl (C=O) groups is 2. The van der Waals surface area contributed by atoms with E-state index in [1.807, 2.05) is 10.8 Å². The molecular formula is C15H21N2O4+. The number of aromatic nitrogens is 2. The average Bonchev–Trinajstić information content (AvgIpc) is 2.86. The van der Waals surface area contributed by atoms with Gasteiger partial charge in [-0.3, -0.25) is 0 Å². The second-order valence-corrected chi connectivity index (χ2v) is 4.75. The number of imidazole rings is 1. The lowest BCUT2D eigenvalue weighted by atomic mass is 10.3. The summed E-state index contributed by atoms with van der Waals surface area (Å²) in [6.45, 7) is 11.3. The standard InChI is InChI=1S/C15H20N2O4/c1-11(2)14(18)20-7-5-13-9-17(10-16-13)6-8-21-15(19)12(3)4/h9-10H,1,3,5-8H2,2,4H3/p+1. The van der Waals surface area contributed by atoms with Crippen molar-refractivity contribution in [2.24, 2.45) is 0 Å². The van der Waals surface area contributed by atoms with Crippen molar-refractivity contribution in [2.75, 3.05) is 13.2 Å². The fraction of sp³-hybridized carbons (Fsp3) is 0.400. The molecule has 0 aliphatic carbocycles. The van der Waals surface area contributed by atoms with Crippen molar-refractivity contribution in [3.8, 4) is 0 Å². The van der Waals surface area contributed by atoms with E-state index in [9.17, 15) is 9.59 Å². The zero-order chi connectivity index (χ0) is 15.8. The zero-order valence-electron chi connectivity index (χ0n) is 12.5. The number of H-pyrrole nitrogens is 1. The largest absolute Gasteiger partial charge is 0.462 e. The van der Waals surface area contributed by atoms with Crippen LogP contribution in [0.3, 0.4) is 0 Å². The van der Waals surface area contributed by atoms with Crippen LogP contribution in [-0.2, 0) is 32.0 Å². The third-order valence-corrected chi connectivity index (χ3v) is 2.62. The van der Waals surface area contributed by atoms with Crippen LogP contribution in [0.25, 0.3) is 0 Å². The maximum Gasteiger partial charge on any atom is 0.333 e. The number of rotatable bonds is 8. The van der Waals surface area contributed by atoms with Crippen LogP contribution in [0, 0.1) is 0 Å². The van der Waals surface area contributed by atoms with E-state index in [1.54, 1.807) is 20.2 Å². The van der Waals surface area contributed by atoms with Crippen molar-refractivity contribution in [2.45, 2.75) is 26.8 Å². The zero-order valence-corrected chi connectivity index (χ0v) is 12.5. The molecule has 0 atom stereocenters. The summed E-state index contributed by atoms with van der Waals surface area (Å²) in [6, 6.07) is 0. The molecule has 0 saturated heterocycles. The highest BCUT2D eigenvalue weighted by molar-refractivity contribution is 5.87. The van der Waals surface area contributed by atoms with Crippen LogP contribution in [0.1, 0.15) is 19.5 Å². The topological polar surface area (TPSA) is 72.3 Å². The molecule has 0 saturated carbocycles. The van der Waals surface area contributed by atoms with E-state index < -0.39 is 5.97 Å². The maximum atomic E-state index is 11.2. The van der Waals surface area contributed by atoms with E-state index >= 15 is 0 Å². The van der Waals surface area contributed by atoms with Gasteiger partial charge in [0, 0.05) is 17.6 Å². The van der Waals surface area contributed by atoms with Gasteiger partial charge < -0.3 is 9.47 Å². The summed E-state index contributed by atoms with van der Waals surface area (Å²) in [5.41, 5.74) is 1.70. The van der Waals surface area contributed by atoms with Crippen molar-refractivity contribution in [1.82, 2.24) is 4.98 Å². The molecule has 0 fully saturated rings. The molecule has 0 aromatic carbocycles. The van der Waals surface area contributed by atoms with Crippen LogP contribution < -0.4 is 4.57 Å². The summed E-state index contributed by atoms with van der Waals surface area (Å²) in [5, 5.41) is 0.